The van der Waals surface area contributed by atoms with Gasteiger partial charge in [-0.15, -0.1) is 0 Å². The highest BCUT2D eigenvalue weighted by Gasteiger charge is 2.15. The molecule has 0 saturated carbocycles. The van der Waals surface area contributed by atoms with Crippen molar-refractivity contribution in [2.45, 2.75) is 39.5 Å². The van der Waals surface area contributed by atoms with Gasteiger partial charge in [-0.3, -0.25) is 4.90 Å². The summed E-state index contributed by atoms with van der Waals surface area (Å²) in [4.78, 5) is 2.17. The van der Waals surface area contributed by atoms with Crippen molar-refractivity contribution in [2.24, 2.45) is 0 Å². The van der Waals surface area contributed by atoms with Crippen LogP contribution in [0.15, 0.2) is 65.3 Å². The molecule has 1 atom stereocenters. The maximum Gasteiger partial charge on any atom is 0.119 e. The van der Waals surface area contributed by atoms with Gasteiger partial charge in [0.2, 0.25) is 0 Å². The fraction of sp³-hybridized carbons (Fsp3) is 0.333. The summed E-state index contributed by atoms with van der Waals surface area (Å²) in [6.45, 7) is 6.12. The molecule has 0 saturated heterocycles. The normalized spacial score (nSPS) is 12.3. The predicted molar refractivity (Wildman–Crippen MR) is 116 cm³/mol. The molecule has 4 nitrogen and oxygen atoms in total. The Balaban J connectivity index is 1.60. The van der Waals surface area contributed by atoms with E-state index in [4.69, 9.17) is 20.8 Å². The molecule has 3 aromatic rings. The fourth-order valence-corrected chi connectivity index (χ4v) is 3.31. The standard InChI is InChI=1S/C24H28ClNO3/c1-3-19-6-8-20(9-7-19)14-26(16-23-5-4-12-28-23)15-21(27)17-29-22-10-11-24(25)18(2)13-22/h4-13,21,27H,3,14-17H2,1-2H3. The highest BCUT2D eigenvalue weighted by atomic mass is 35.5. The van der Waals surface area contributed by atoms with Crippen LogP contribution >= 0.6 is 11.6 Å². The van der Waals surface area contributed by atoms with Gasteiger partial charge in [0.05, 0.1) is 12.8 Å². The molecular formula is C24H28ClNO3. The van der Waals surface area contributed by atoms with E-state index in [2.05, 4.69) is 36.1 Å². The average Bonchev–Trinajstić information content (AvgIpc) is 3.22. The first kappa shape index (κ1) is 21.4. The summed E-state index contributed by atoms with van der Waals surface area (Å²) in [5, 5.41) is 11.3. The molecule has 0 radical (unpaired) electrons. The quantitative estimate of drug-likeness (QED) is 0.493. The van der Waals surface area contributed by atoms with E-state index < -0.39 is 6.10 Å². The number of halogens is 1. The van der Waals surface area contributed by atoms with Crippen molar-refractivity contribution in [3.05, 3.63) is 88.3 Å². The number of hydrogen-bond donors (Lipinski definition) is 1. The van der Waals surface area contributed by atoms with Crippen LogP contribution in [0.1, 0.15) is 29.4 Å². The molecule has 0 fully saturated rings. The van der Waals surface area contributed by atoms with E-state index in [0.717, 1.165) is 24.3 Å². The summed E-state index contributed by atoms with van der Waals surface area (Å²) in [7, 11) is 0. The third-order valence-electron chi connectivity index (χ3n) is 4.84. The van der Waals surface area contributed by atoms with Crippen LogP contribution in [-0.4, -0.2) is 29.3 Å². The van der Waals surface area contributed by atoms with E-state index in [0.29, 0.717) is 23.9 Å². The van der Waals surface area contributed by atoms with E-state index >= 15 is 0 Å². The zero-order valence-electron chi connectivity index (χ0n) is 17.0. The number of furan rings is 1. The van der Waals surface area contributed by atoms with Crippen molar-refractivity contribution in [1.29, 1.82) is 0 Å². The van der Waals surface area contributed by atoms with Crippen molar-refractivity contribution in [1.82, 2.24) is 4.90 Å². The first-order valence-corrected chi connectivity index (χ1v) is 10.3. The van der Waals surface area contributed by atoms with E-state index in [-0.39, 0.29) is 6.61 Å². The van der Waals surface area contributed by atoms with Crippen LogP contribution < -0.4 is 4.74 Å². The molecule has 0 aliphatic rings. The number of aliphatic hydroxyl groups excluding tert-OH is 1. The number of rotatable bonds is 10. The van der Waals surface area contributed by atoms with Gasteiger partial charge in [-0.05, 0) is 60.4 Å². The molecule has 1 heterocycles. The number of aliphatic hydroxyl groups is 1. The Morgan fingerprint density at radius 1 is 1.07 bits per heavy atom. The molecule has 0 spiro atoms. The molecule has 2 aromatic carbocycles. The van der Waals surface area contributed by atoms with Crippen LogP contribution in [0.5, 0.6) is 5.75 Å². The second kappa shape index (κ2) is 10.5. The zero-order valence-corrected chi connectivity index (χ0v) is 17.7. The Morgan fingerprint density at radius 2 is 1.83 bits per heavy atom. The molecule has 1 unspecified atom stereocenters. The molecule has 0 aliphatic heterocycles. The molecule has 0 bridgehead atoms. The van der Waals surface area contributed by atoms with Gasteiger partial charge in [0.15, 0.2) is 0 Å². The molecule has 154 valence electrons. The van der Waals surface area contributed by atoms with Gasteiger partial charge in [0, 0.05) is 18.1 Å². The lowest BCUT2D eigenvalue weighted by molar-refractivity contribution is 0.0604. The summed E-state index contributed by atoms with van der Waals surface area (Å²) in [5.41, 5.74) is 3.47. The summed E-state index contributed by atoms with van der Waals surface area (Å²) >= 11 is 6.06. The Hall–Kier alpha value is -2.27. The Kier molecular flexibility index (Phi) is 7.76. The monoisotopic (exact) mass is 413 g/mol. The van der Waals surface area contributed by atoms with Gasteiger partial charge in [0.1, 0.15) is 24.2 Å². The lowest BCUT2D eigenvalue weighted by Crippen LogP contribution is -2.35. The first-order valence-electron chi connectivity index (χ1n) is 9.93. The predicted octanol–water partition coefficient (Wildman–Crippen LogP) is 5.25. The minimum Gasteiger partial charge on any atom is -0.491 e. The van der Waals surface area contributed by atoms with Crippen LogP contribution in [0.3, 0.4) is 0 Å². The van der Waals surface area contributed by atoms with Crippen LogP contribution in [-0.2, 0) is 19.5 Å². The van der Waals surface area contributed by atoms with Gasteiger partial charge in [-0.2, -0.15) is 0 Å². The molecular weight excluding hydrogens is 386 g/mol. The smallest absolute Gasteiger partial charge is 0.119 e. The van der Waals surface area contributed by atoms with Crippen molar-refractivity contribution in [2.75, 3.05) is 13.2 Å². The van der Waals surface area contributed by atoms with E-state index in [1.807, 2.05) is 37.3 Å². The van der Waals surface area contributed by atoms with Crippen LogP contribution in [0.25, 0.3) is 0 Å². The molecule has 3 rings (SSSR count). The maximum atomic E-state index is 10.6. The molecule has 29 heavy (non-hydrogen) atoms. The van der Waals surface area contributed by atoms with Crippen LogP contribution in [0, 0.1) is 6.92 Å². The van der Waals surface area contributed by atoms with Crippen LogP contribution in [0.2, 0.25) is 5.02 Å². The molecule has 1 N–H and O–H groups in total. The van der Waals surface area contributed by atoms with Crippen molar-refractivity contribution < 1.29 is 14.3 Å². The fourth-order valence-electron chi connectivity index (χ4n) is 3.20. The SMILES string of the molecule is CCc1ccc(CN(Cc2ccco2)CC(O)COc2ccc(Cl)c(C)c2)cc1. The average molecular weight is 414 g/mol. The Bertz CT molecular complexity index is 878. The summed E-state index contributed by atoms with van der Waals surface area (Å²) < 4.78 is 11.3. The number of hydrogen-bond acceptors (Lipinski definition) is 4. The second-order valence-electron chi connectivity index (χ2n) is 7.29. The molecule has 0 aliphatic carbocycles. The third kappa shape index (κ3) is 6.64. The molecule has 0 amide bonds. The molecule has 5 heteroatoms. The third-order valence-corrected chi connectivity index (χ3v) is 5.26. The second-order valence-corrected chi connectivity index (χ2v) is 7.70. The first-order chi connectivity index (χ1) is 14.0. The van der Waals surface area contributed by atoms with Crippen LogP contribution in [0.4, 0.5) is 0 Å². The minimum absolute atomic E-state index is 0.213. The minimum atomic E-state index is -0.629. The van der Waals surface area contributed by atoms with Gasteiger partial charge in [0.25, 0.3) is 0 Å². The number of aryl methyl sites for hydroxylation is 2. The highest BCUT2D eigenvalue weighted by molar-refractivity contribution is 6.31. The van der Waals surface area contributed by atoms with E-state index in [1.54, 1.807) is 6.26 Å². The summed E-state index contributed by atoms with van der Waals surface area (Å²) in [5.74, 6) is 1.58. The van der Waals surface area contributed by atoms with E-state index in [1.165, 1.54) is 11.1 Å². The summed E-state index contributed by atoms with van der Waals surface area (Å²) in [6, 6.07) is 17.9. The maximum absolute atomic E-state index is 10.6. The summed E-state index contributed by atoms with van der Waals surface area (Å²) in [6.07, 6.45) is 2.07. The topological polar surface area (TPSA) is 45.8 Å². The Labute approximate surface area is 177 Å². The van der Waals surface area contributed by atoms with Gasteiger partial charge < -0.3 is 14.3 Å². The van der Waals surface area contributed by atoms with Crippen molar-refractivity contribution in [3.8, 4) is 5.75 Å². The number of benzene rings is 2. The van der Waals surface area contributed by atoms with Crippen molar-refractivity contribution >= 4 is 11.6 Å². The number of nitrogens with zero attached hydrogens (tertiary/aromatic N) is 1. The highest BCUT2D eigenvalue weighted by Crippen LogP contribution is 2.21. The van der Waals surface area contributed by atoms with Crippen molar-refractivity contribution in [3.63, 3.8) is 0 Å². The van der Waals surface area contributed by atoms with E-state index in [9.17, 15) is 5.11 Å². The van der Waals surface area contributed by atoms with Gasteiger partial charge in [-0.1, -0.05) is 42.8 Å². The zero-order chi connectivity index (χ0) is 20.6. The molecule has 1 aromatic heterocycles. The van der Waals surface area contributed by atoms with Gasteiger partial charge in [-0.25, -0.2) is 0 Å². The Morgan fingerprint density at radius 3 is 2.48 bits per heavy atom. The largest absolute Gasteiger partial charge is 0.491 e. The lowest BCUT2D eigenvalue weighted by atomic mass is 10.1. The van der Waals surface area contributed by atoms with Gasteiger partial charge >= 0.3 is 0 Å². The lowest BCUT2D eigenvalue weighted by Gasteiger charge is -2.24. The number of ether oxygens (including phenoxy) is 1.